The Kier molecular flexibility index (Phi) is 5.41. The highest BCUT2D eigenvalue weighted by atomic mass is 19.1. The lowest BCUT2D eigenvalue weighted by atomic mass is 10.2. The lowest BCUT2D eigenvalue weighted by Crippen LogP contribution is -2.17. The summed E-state index contributed by atoms with van der Waals surface area (Å²) in [7, 11) is 0. The predicted molar refractivity (Wildman–Crippen MR) is 105 cm³/mol. The number of benzene rings is 1. The van der Waals surface area contributed by atoms with E-state index in [1.807, 2.05) is 18.2 Å². The molecular formula is C21H21F2N5. The number of hydrogen-bond donors (Lipinski definition) is 2. The van der Waals surface area contributed by atoms with Gasteiger partial charge in [0.1, 0.15) is 17.5 Å². The van der Waals surface area contributed by atoms with Crippen LogP contribution in [0.15, 0.2) is 48.8 Å². The Morgan fingerprint density at radius 1 is 1.00 bits per heavy atom. The van der Waals surface area contributed by atoms with Gasteiger partial charge in [-0.05, 0) is 42.7 Å². The van der Waals surface area contributed by atoms with Crippen LogP contribution in [0.1, 0.15) is 31.2 Å². The van der Waals surface area contributed by atoms with Crippen LogP contribution in [0.2, 0.25) is 0 Å². The van der Waals surface area contributed by atoms with Crippen LogP contribution in [0.4, 0.5) is 20.5 Å². The Labute approximate surface area is 162 Å². The van der Waals surface area contributed by atoms with Gasteiger partial charge in [0.15, 0.2) is 0 Å². The number of rotatable bonds is 6. The largest absolute Gasteiger partial charge is 0.366 e. The highest BCUT2D eigenvalue weighted by molar-refractivity contribution is 5.63. The summed E-state index contributed by atoms with van der Waals surface area (Å²) in [6, 6.07) is 9.43. The van der Waals surface area contributed by atoms with Crippen LogP contribution in [0.5, 0.6) is 0 Å². The van der Waals surface area contributed by atoms with E-state index in [4.69, 9.17) is 0 Å². The van der Waals surface area contributed by atoms with Gasteiger partial charge in [-0.2, -0.15) is 4.98 Å². The van der Waals surface area contributed by atoms with Crippen LogP contribution in [0.25, 0.3) is 11.3 Å². The first-order chi connectivity index (χ1) is 13.7. The summed E-state index contributed by atoms with van der Waals surface area (Å²) in [5.74, 6) is -0.0709. The number of hydrogen-bond acceptors (Lipinski definition) is 5. The number of nitrogens with one attached hydrogen (secondary N) is 2. The number of halogens is 2. The van der Waals surface area contributed by atoms with Crippen molar-refractivity contribution in [3.05, 3.63) is 66.0 Å². The molecule has 7 heteroatoms. The molecule has 28 heavy (non-hydrogen) atoms. The molecule has 0 amide bonds. The number of anilines is 2. The molecule has 3 aromatic rings. The fourth-order valence-corrected chi connectivity index (χ4v) is 3.42. The maximum atomic E-state index is 13.4. The molecule has 5 nitrogen and oxygen atoms in total. The minimum absolute atomic E-state index is 0.251. The molecule has 0 aliphatic heterocycles. The molecule has 1 fully saturated rings. The molecule has 0 atom stereocenters. The average Bonchev–Trinajstić information content (AvgIpc) is 3.19. The first kappa shape index (κ1) is 18.3. The van der Waals surface area contributed by atoms with E-state index in [9.17, 15) is 8.78 Å². The normalized spacial score (nSPS) is 14.2. The summed E-state index contributed by atoms with van der Waals surface area (Å²) in [5.41, 5.74) is 2.11. The first-order valence-electron chi connectivity index (χ1n) is 9.40. The summed E-state index contributed by atoms with van der Waals surface area (Å²) >= 11 is 0. The minimum atomic E-state index is -0.598. The summed E-state index contributed by atoms with van der Waals surface area (Å²) in [6.45, 7) is 0.251. The third-order valence-corrected chi connectivity index (χ3v) is 4.77. The highest BCUT2D eigenvalue weighted by Crippen LogP contribution is 2.25. The van der Waals surface area contributed by atoms with Gasteiger partial charge in [0.25, 0.3) is 0 Å². The van der Waals surface area contributed by atoms with E-state index in [-0.39, 0.29) is 6.54 Å². The van der Waals surface area contributed by atoms with E-state index in [1.54, 1.807) is 12.4 Å². The number of aromatic nitrogens is 3. The molecule has 0 bridgehead atoms. The zero-order chi connectivity index (χ0) is 19.3. The van der Waals surface area contributed by atoms with Crippen molar-refractivity contribution in [1.29, 1.82) is 0 Å². The maximum Gasteiger partial charge on any atom is 0.225 e. The van der Waals surface area contributed by atoms with Crippen molar-refractivity contribution in [2.75, 3.05) is 10.6 Å². The summed E-state index contributed by atoms with van der Waals surface area (Å²) in [6.07, 6.45) is 8.07. The molecule has 2 N–H and O–H groups in total. The van der Waals surface area contributed by atoms with E-state index in [1.165, 1.54) is 25.0 Å². The van der Waals surface area contributed by atoms with Crippen LogP contribution < -0.4 is 10.6 Å². The van der Waals surface area contributed by atoms with Crippen LogP contribution in [0.3, 0.4) is 0 Å². The molecule has 0 unspecified atom stereocenters. The number of pyridine rings is 1. The fourth-order valence-electron chi connectivity index (χ4n) is 3.42. The molecule has 1 aliphatic rings. The lowest BCUT2D eigenvalue weighted by Gasteiger charge is -2.15. The Morgan fingerprint density at radius 3 is 2.50 bits per heavy atom. The Morgan fingerprint density at radius 2 is 1.79 bits per heavy atom. The third kappa shape index (κ3) is 4.60. The van der Waals surface area contributed by atoms with Gasteiger partial charge >= 0.3 is 0 Å². The zero-order valence-electron chi connectivity index (χ0n) is 15.3. The molecule has 0 saturated heterocycles. The van der Waals surface area contributed by atoms with Crippen molar-refractivity contribution in [1.82, 2.24) is 15.0 Å². The van der Waals surface area contributed by atoms with Crippen LogP contribution in [-0.4, -0.2) is 21.0 Å². The molecule has 2 aromatic heterocycles. The van der Waals surface area contributed by atoms with Crippen molar-refractivity contribution < 1.29 is 8.78 Å². The summed E-state index contributed by atoms with van der Waals surface area (Å²) in [4.78, 5) is 13.3. The van der Waals surface area contributed by atoms with Gasteiger partial charge in [-0.1, -0.05) is 12.8 Å². The second-order valence-electron chi connectivity index (χ2n) is 6.96. The van der Waals surface area contributed by atoms with Gasteiger partial charge < -0.3 is 10.6 Å². The maximum absolute atomic E-state index is 13.4. The van der Waals surface area contributed by atoms with E-state index in [2.05, 4.69) is 25.6 Å². The zero-order valence-corrected chi connectivity index (χ0v) is 15.3. The van der Waals surface area contributed by atoms with Crippen LogP contribution >= 0.6 is 0 Å². The first-order valence-corrected chi connectivity index (χ1v) is 9.40. The van der Waals surface area contributed by atoms with E-state index in [0.717, 1.165) is 30.2 Å². The minimum Gasteiger partial charge on any atom is -0.366 e. The topological polar surface area (TPSA) is 62.7 Å². The van der Waals surface area contributed by atoms with Gasteiger partial charge in [0.2, 0.25) is 5.95 Å². The molecule has 1 aliphatic carbocycles. The summed E-state index contributed by atoms with van der Waals surface area (Å²) < 4.78 is 26.8. The van der Waals surface area contributed by atoms with Gasteiger partial charge in [-0.15, -0.1) is 0 Å². The van der Waals surface area contributed by atoms with Gasteiger partial charge in [0, 0.05) is 42.7 Å². The molecule has 1 saturated carbocycles. The van der Waals surface area contributed by atoms with Crippen LogP contribution in [-0.2, 0) is 6.54 Å². The van der Waals surface area contributed by atoms with Crippen molar-refractivity contribution >= 4 is 11.8 Å². The van der Waals surface area contributed by atoms with Crippen molar-refractivity contribution in [3.8, 4) is 11.3 Å². The van der Waals surface area contributed by atoms with Crippen molar-refractivity contribution in [3.63, 3.8) is 0 Å². The monoisotopic (exact) mass is 381 g/mol. The fraction of sp³-hybridized carbons (Fsp3) is 0.286. The smallest absolute Gasteiger partial charge is 0.225 e. The van der Waals surface area contributed by atoms with Gasteiger partial charge in [0.05, 0.1) is 5.69 Å². The Hall–Kier alpha value is -3.09. The van der Waals surface area contributed by atoms with Crippen molar-refractivity contribution in [2.45, 2.75) is 38.3 Å². The van der Waals surface area contributed by atoms with Gasteiger partial charge in [-0.3, -0.25) is 4.98 Å². The molecule has 2 heterocycles. The molecule has 0 radical (unpaired) electrons. The summed E-state index contributed by atoms with van der Waals surface area (Å²) in [5, 5.41) is 6.55. The quantitative estimate of drug-likeness (QED) is 0.643. The predicted octanol–water partition coefficient (Wildman–Crippen LogP) is 4.78. The Bertz CT molecular complexity index is 923. The molecular weight excluding hydrogens is 360 g/mol. The van der Waals surface area contributed by atoms with E-state index < -0.39 is 11.6 Å². The van der Waals surface area contributed by atoms with Crippen LogP contribution in [0, 0.1) is 11.6 Å². The average molecular weight is 381 g/mol. The Balaban J connectivity index is 1.59. The molecule has 144 valence electrons. The molecule has 4 rings (SSSR count). The number of nitrogens with zero attached hydrogens (tertiary/aromatic N) is 3. The SMILES string of the molecule is Fc1cc(F)cc(CNc2cc(-c3cccnc3)nc(NC3CCCC3)n2)c1. The second kappa shape index (κ2) is 8.29. The van der Waals surface area contributed by atoms with E-state index in [0.29, 0.717) is 23.4 Å². The second-order valence-corrected chi connectivity index (χ2v) is 6.96. The molecule has 1 aromatic carbocycles. The third-order valence-electron chi connectivity index (χ3n) is 4.77. The van der Waals surface area contributed by atoms with E-state index >= 15 is 0 Å². The highest BCUT2D eigenvalue weighted by Gasteiger charge is 2.17. The standard InChI is InChI=1S/C21H21F2N5/c22-16-8-14(9-17(23)10-16)12-25-20-11-19(15-4-3-7-24-13-15)27-21(28-20)26-18-5-1-2-6-18/h3-4,7-11,13,18H,1-2,5-6,12H2,(H2,25,26,27,28). The molecule has 0 spiro atoms. The van der Waals surface area contributed by atoms with Crippen molar-refractivity contribution in [2.24, 2.45) is 0 Å². The lowest BCUT2D eigenvalue weighted by molar-refractivity contribution is 0.580. The van der Waals surface area contributed by atoms with Gasteiger partial charge in [-0.25, -0.2) is 13.8 Å².